The van der Waals surface area contributed by atoms with Crippen molar-refractivity contribution < 1.29 is 19.1 Å². The molecule has 12 heteroatoms. The van der Waals surface area contributed by atoms with Crippen LogP contribution in [0.4, 0.5) is 5.95 Å². The Morgan fingerprint density at radius 1 is 1.07 bits per heavy atom. The van der Waals surface area contributed by atoms with Crippen LogP contribution in [-0.4, -0.2) is 56.1 Å². The molecule has 3 heterocycles. The zero-order valence-electron chi connectivity index (χ0n) is 17.5. The fraction of sp³-hybridized carbons (Fsp3) is 0.556. The molecule has 0 spiro atoms. The summed E-state index contributed by atoms with van der Waals surface area (Å²) < 4.78 is 13.5. The van der Waals surface area contributed by atoms with Gasteiger partial charge < -0.3 is 9.47 Å². The maximum Gasteiger partial charge on any atom is 0.333 e. The topological polar surface area (TPSA) is 130 Å². The zero-order valence-corrected chi connectivity index (χ0v) is 17.5. The third-order valence-electron chi connectivity index (χ3n) is 4.84. The second-order valence-corrected chi connectivity index (χ2v) is 6.77. The predicted molar refractivity (Wildman–Crippen MR) is 108 cm³/mol. The highest BCUT2D eigenvalue weighted by Gasteiger charge is 2.32. The molecular weight excluding hydrogens is 396 g/mol. The highest BCUT2D eigenvalue weighted by atomic mass is 16.5. The van der Waals surface area contributed by atoms with E-state index in [1.165, 1.54) is 16.6 Å². The van der Waals surface area contributed by atoms with E-state index in [2.05, 4.69) is 10.1 Å². The molecule has 30 heavy (non-hydrogen) atoms. The molecule has 0 unspecified atom stereocenters. The number of aryl methyl sites for hydroxylation is 1. The van der Waals surface area contributed by atoms with Gasteiger partial charge in [-0.2, -0.15) is 10.1 Å². The van der Waals surface area contributed by atoms with Crippen LogP contribution in [-0.2, 0) is 32.7 Å². The lowest BCUT2D eigenvalue weighted by molar-refractivity contribution is -0.144. The molecule has 1 atom stereocenters. The first kappa shape index (κ1) is 21.3. The van der Waals surface area contributed by atoms with Crippen molar-refractivity contribution in [3.8, 4) is 0 Å². The van der Waals surface area contributed by atoms with E-state index in [0.717, 1.165) is 4.57 Å². The molecule has 0 saturated carbocycles. The van der Waals surface area contributed by atoms with Crippen molar-refractivity contribution in [3.63, 3.8) is 0 Å². The highest BCUT2D eigenvalue weighted by molar-refractivity contribution is 5.92. The van der Waals surface area contributed by atoms with Gasteiger partial charge in [-0.05, 0) is 27.7 Å². The smallest absolute Gasteiger partial charge is 0.333 e. The van der Waals surface area contributed by atoms with Crippen LogP contribution in [0.5, 0.6) is 0 Å². The molecule has 0 saturated heterocycles. The number of fused-ring (bicyclic) bond motifs is 3. The van der Waals surface area contributed by atoms with Gasteiger partial charge in [0.1, 0.15) is 13.1 Å². The van der Waals surface area contributed by atoms with Gasteiger partial charge in [0.25, 0.3) is 5.56 Å². The van der Waals surface area contributed by atoms with E-state index >= 15 is 0 Å². The molecule has 1 aliphatic rings. The summed E-state index contributed by atoms with van der Waals surface area (Å²) in [5.74, 6) is -0.961. The molecule has 0 radical (unpaired) electrons. The quantitative estimate of drug-likeness (QED) is 0.587. The number of anilines is 1. The van der Waals surface area contributed by atoms with E-state index in [1.54, 1.807) is 25.3 Å². The lowest BCUT2D eigenvalue weighted by Crippen LogP contribution is -2.42. The lowest BCUT2D eigenvalue weighted by atomic mass is 10.2. The molecule has 12 nitrogen and oxygen atoms in total. The standard InChI is InChI=1S/C18H24N6O6/c1-6-29-12(25)8-22-16(27)14-15(21(5)18(22)28)19-17-23(9-13(26)30-7-2)20-10(3)11(4)24(14)17/h11H,6-9H2,1-5H3/t11-/m0/s1. The Labute approximate surface area is 171 Å². The van der Waals surface area contributed by atoms with E-state index in [0.29, 0.717) is 5.71 Å². The second kappa shape index (κ2) is 8.13. The largest absolute Gasteiger partial charge is 0.465 e. The summed E-state index contributed by atoms with van der Waals surface area (Å²) in [5, 5.41) is 5.73. The fourth-order valence-electron chi connectivity index (χ4n) is 3.29. The lowest BCUT2D eigenvalue weighted by Gasteiger charge is -2.28. The average Bonchev–Trinajstić information content (AvgIpc) is 3.09. The van der Waals surface area contributed by atoms with Gasteiger partial charge in [-0.15, -0.1) is 0 Å². The van der Waals surface area contributed by atoms with Crippen molar-refractivity contribution in [1.82, 2.24) is 18.7 Å². The molecule has 2 aromatic heterocycles. The first-order chi connectivity index (χ1) is 14.2. The Bertz CT molecular complexity index is 1160. The third kappa shape index (κ3) is 3.48. The van der Waals surface area contributed by atoms with Crippen LogP contribution in [0.2, 0.25) is 0 Å². The van der Waals surface area contributed by atoms with Crippen molar-refractivity contribution in [1.29, 1.82) is 0 Å². The Balaban J connectivity index is 2.22. The van der Waals surface area contributed by atoms with Crippen LogP contribution < -0.4 is 16.3 Å². The number of esters is 2. The third-order valence-corrected chi connectivity index (χ3v) is 4.84. The van der Waals surface area contributed by atoms with E-state index in [1.807, 2.05) is 6.92 Å². The van der Waals surface area contributed by atoms with Gasteiger partial charge in [0, 0.05) is 7.05 Å². The summed E-state index contributed by atoms with van der Waals surface area (Å²) in [6.07, 6.45) is 0. The Morgan fingerprint density at radius 2 is 1.67 bits per heavy atom. The summed E-state index contributed by atoms with van der Waals surface area (Å²) in [6, 6.07) is -0.357. The van der Waals surface area contributed by atoms with Crippen molar-refractivity contribution in [2.75, 3.05) is 24.8 Å². The maximum atomic E-state index is 13.2. The Morgan fingerprint density at radius 3 is 2.27 bits per heavy atom. The average molecular weight is 420 g/mol. The van der Waals surface area contributed by atoms with E-state index in [-0.39, 0.29) is 42.9 Å². The van der Waals surface area contributed by atoms with Gasteiger partial charge in [-0.25, -0.2) is 14.4 Å². The van der Waals surface area contributed by atoms with Crippen molar-refractivity contribution >= 4 is 34.8 Å². The molecule has 0 amide bonds. The van der Waals surface area contributed by atoms with Crippen LogP contribution in [0.15, 0.2) is 14.7 Å². The number of aromatic nitrogens is 4. The number of rotatable bonds is 6. The summed E-state index contributed by atoms with van der Waals surface area (Å²) in [6.45, 7) is 6.56. The van der Waals surface area contributed by atoms with E-state index in [4.69, 9.17) is 9.47 Å². The Hall–Kier alpha value is -3.44. The minimum Gasteiger partial charge on any atom is -0.465 e. The summed E-state index contributed by atoms with van der Waals surface area (Å²) in [4.78, 5) is 54.2. The zero-order chi connectivity index (χ0) is 22.2. The van der Waals surface area contributed by atoms with Gasteiger partial charge in [0.05, 0.1) is 25.0 Å². The van der Waals surface area contributed by atoms with Crippen LogP contribution in [0.25, 0.3) is 11.2 Å². The van der Waals surface area contributed by atoms with Crippen molar-refractivity contribution in [2.24, 2.45) is 12.1 Å². The highest BCUT2D eigenvalue weighted by Crippen LogP contribution is 2.29. The molecule has 1 aliphatic heterocycles. The molecule has 3 rings (SSSR count). The molecule has 0 N–H and O–H groups in total. The number of ether oxygens (including phenoxy) is 2. The van der Waals surface area contributed by atoms with Crippen LogP contribution in [0.1, 0.15) is 33.7 Å². The van der Waals surface area contributed by atoms with Gasteiger partial charge in [-0.1, -0.05) is 0 Å². The molecule has 2 aromatic rings. The molecular formula is C18H24N6O6. The SMILES string of the molecule is CCOC(=O)CN1N=C(C)[C@H](C)n2c1nc1c2c(=O)n(CC(=O)OCC)c(=O)n1C. The number of carbonyl (C=O) groups is 2. The predicted octanol–water partition coefficient (Wildman–Crippen LogP) is -0.220. The van der Waals surface area contributed by atoms with Crippen molar-refractivity contribution in [3.05, 3.63) is 20.8 Å². The van der Waals surface area contributed by atoms with Gasteiger partial charge in [0.2, 0.25) is 5.95 Å². The Kier molecular flexibility index (Phi) is 5.76. The first-order valence-corrected chi connectivity index (χ1v) is 9.56. The number of imidazole rings is 1. The summed E-state index contributed by atoms with van der Waals surface area (Å²) in [7, 11) is 1.46. The van der Waals surface area contributed by atoms with Gasteiger partial charge >= 0.3 is 17.6 Å². The normalized spacial score (nSPS) is 15.7. The van der Waals surface area contributed by atoms with Crippen LogP contribution in [0, 0.1) is 0 Å². The molecule has 0 aromatic carbocycles. The van der Waals surface area contributed by atoms with Crippen LogP contribution in [0.3, 0.4) is 0 Å². The number of hydrogen-bond acceptors (Lipinski definition) is 9. The monoisotopic (exact) mass is 420 g/mol. The first-order valence-electron chi connectivity index (χ1n) is 9.56. The molecule has 162 valence electrons. The summed E-state index contributed by atoms with van der Waals surface area (Å²) in [5.41, 5.74) is -0.468. The molecule has 0 fully saturated rings. The van der Waals surface area contributed by atoms with Crippen LogP contribution >= 0.6 is 0 Å². The summed E-state index contributed by atoms with van der Waals surface area (Å²) >= 11 is 0. The molecule has 0 aliphatic carbocycles. The molecule has 0 bridgehead atoms. The number of hydrogen-bond donors (Lipinski definition) is 0. The fourth-order valence-corrected chi connectivity index (χ4v) is 3.29. The minimum absolute atomic E-state index is 0.130. The van der Waals surface area contributed by atoms with Gasteiger partial charge in [-0.3, -0.25) is 23.5 Å². The van der Waals surface area contributed by atoms with Crippen molar-refractivity contribution in [2.45, 2.75) is 40.3 Å². The number of carbonyl (C=O) groups excluding carboxylic acids is 2. The van der Waals surface area contributed by atoms with Gasteiger partial charge in [0.15, 0.2) is 11.2 Å². The maximum absolute atomic E-state index is 13.2. The minimum atomic E-state index is -0.696. The van der Waals surface area contributed by atoms with E-state index < -0.39 is 29.7 Å². The second-order valence-electron chi connectivity index (χ2n) is 6.77. The number of nitrogens with zero attached hydrogens (tertiary/aromatic N) is 6. The van der Waals surface area contributed by atoms with E-state index in [9.17, 15) is 19.2 Å². The number of hydrazone groups is 1.